The maximum atomic E-state index is 10.8. The second kappa shape index (κ2) is 12.0. The van der Waals surface area contributed by atoms with Crippen molar-refractivity contribution < 1.29 is 9.53 Å². The van der Waals surface area contributed by atoms with Gasteiger partial charge in [-0.15, -0.1) is 24.0 Å². The van der Waals surface area contributed by atoms with Crippen LogP contribution in [-0.2, 0) is 11.3 Å². The summed E-state index contributed by atoms with van der Waals surface area (Å²) in [5.41, 5.74) is 6.18. The molecule has 7 nitrogen and oxygen atoms in total. The summed E-state index contributed by atoms with van der Waals surface area (Å²) in [5.74, 6) is 1.08. The molecule has 0 saturated carbocycles. The minimum Gasteiger partial charge on any atom is -0.484 e. The van der Waals surface area contributed by atoms with Crippen LogP contribution in [0.25, 0.3) is 0 Å². The predicted molar refractivity (Wildman–Crippen MR) is 120 cm³/mol. The van der Waals surface area contributed by atoms with Gasteiger partial charge < -0.3 is 20.7 Å². The highest BCUT2D eigenvalue weighted by molar-refractivity contribution is 14.0. The number of benzene rings is 1. The zero-order valence-electron chi connectivity index (χ0n) is 16.5. The summed E-state index contributed by atoms with van der Waals surface area (Å²) >= 11 is 0. The van der Waals surface area contributed by atoms with Crippen LogP contribution < -0.4 is 15.8 Å². The van der Waals surface area contributed by atoms with Gasteiger partial charge in [0.1, 0.15) is 5.75 Å². The highest BCUT2D eigenvalue weighted by Crippen LogP contribution is 2.16. The lowest BCUT2D eigenvalue weighted by Crippen LogP contribution is -2.43. The molecule has 0 aromatic heterocycles. The van der Waals surface area contributed by atoms with E-state index in [1.807, 2.05) is 31.3 Å². The minimum absolute atomic E-state index is 0. The van der Waals surface area contributed by atoms with Crippen molar-refractivity contribution in [2.75, 3.05) is 39.8 Å². The van der Waals surface area contributed by atoms with Crippen molar-refractivity contribution in [3.63, 3.8) is 0 Å². The Morgan fingerprint density at radius 3 is 2.78 bits per heavy atom. The van der Waals surface area contributed by atoms with Gasteiger partial charge in [-0.1, -0.05) is 26.0 Å². The standard InChI is InChI=1S/C19H31N5O2.HI/c1-4-23(5-2)16-9-10-24(13-16)19(21-3)22-12-15-7-6-8-17(11-15)26-14-18(20)25;/h6-8,11,16H,4-5,9-10,12-14H2,1-3H3,(H2,20,25)(H,21,22);1H. The Morgan fingerprint density at radius 2 is 2.15 bits per heavy atom. The molecular formula is C19H32IN5O2. The molecule has 0 radical (unpaired) electrons. The van der Waals surface area contributed by atoms with Gasteiger partial charge in [0, 0.05) is 32.7 Å². The first kappa shape index (κ1) is 23.5. The first-order chi connectivity index (χ1) is 12.6. The van der Waals surface area contributed by atoms with Gasteiger partial charge in [-0.25, -0.2) is 0 Å². The Kier molecular flexibility index (Phi) is 10.5. The Labute approximate surface area is 179 Å². The summed E-state index contributed by atoms with van der Waals surface area (Å²) in [6, 6.07) is 8.24. The molecule has 1 amide bonds. The van der Waals surface area contributed by atoms with E-state index in [0.717, 1.165) is 37.7 Å². The van der Waals surface area contributed by atoms with E-state index in [0.29, 0.717) is 18.3 Å². The van der Waals surface area contributed by atoms with Gasteiger partial charge in [-0.3, -0.25) is 14.7 Å². The number of nitrogens with two attached hydrogens (primary N) is 1. The van der Waals surface area contributed by atoms with Crippen LogP contribution in [0.3, 0.4) is 0 Å². The Bertz CT molecular complexity index is 622. The van der Waals surface area contributed by atoms with Crippen LogP contribution in [-0.4, -0.2) is 67.5 Å². The Morgan fingerprint density at radius 1 is 1.41 bits per heavy atom. The lowest BCUT2D eigenvalue weighted by Gasteiger charge is -2.27. The number of likely N-dealkylation sites (tertiary alicyclic amines) is 1. The molecule has 0 bridgehead atoms. The van der Waals surface area contributed by atoms with Crippen LogP contribution in [0.2, 0.25) is 0 Å². The van der Waals surface area contributed by atoms with E-state index < -0.39 is 5.91 Å². The van der Waals surface area contributed by atoms with Crippen molar-refractivity contribution in [3.8, 4) is 5.75 Å². The van der Waals surface area contributed by atoms with Gasteiger partial charge in [-0.2, -0.15) is 0 Å². The molecule has 152 valence electrons. The summed E-state index contributed by atoms with van der Waals surface area (Å²) in [4.78, 5) is 20.1. The van der Waals surface area contributed by atoms with Crippen LogP contribution in [0.4, 0.5) is 0 Å². The summed E-state index contributed by atoms with van der Waals surface area (Å²) < 4.78 is 5.36. The zero-order valence-corrected chi connectivity index (χ0v) is 18.8. The molecule has 0 aliphatic carbocycles. The van der Waals surface area contributed by atoms with E-state index in [1.54, 1.807) is 0 Å². The number of guanidine groups is 1. The molecule has 1 heterocycles. The van der Waals surface area contributed by atoms with Crippen molar-refractivity contribution in [1.82, 2.24) is 15.1 Å². The second-order valence-corrected chi connectivity index (χ2v) is 6.41. The maximum Gasteiger partial charge on any atom is 0.255 e. The van der Waals surface area contributed by atoms with Gasteiger partial charge in [-0.05, 0) is 37.2 Å². The van der Waals surface area contributed by atoms with Crippen molar-refractivity contribution >= 4 is 35.8 Å². The molecule has 8 heteroatoms. The lowest BCUT2D eigenvalue weighted by molar-refractivity contribution is -0.119. The summed E-state index contributed by atoms with van der Waals surface area (Å²) in [6.07, 6.45) is 1.17. The Hall–Kier alpha value is -1.55. The highest BCUT2D eigenvalue weighted by atomic mass is 127. The number of carbonyl (C=O) groups is 1. The number of halogens is 1. The number of rotatable bonds is 8. The monoisotopic (exact) mass is 489 g/mol. The highest BCUT2D eigenvalue weighted by Gasteiger charge is 2.27. The van der Waals surface area contributed by atoms with Crippen molar-refractivity contribution in [2.24, 2.45) is 10.7 Å². The molecule has 1 aliphatic heterocycles. The van der Waals surface area contributed by atoms with E-state index in [9.17, 15) is 4.79 Å². The summed E-state index contributed by atoms with van der Waals surface area (Å²) in [7, 11) is 1.82. The number of aliphatic imine (C=N–C) groups is 1. The number of likely N-dealkylation sites (N-methyl/N-ethyl adjacent to an activating group) is 1. The number of amides is 1. The molecule has 1 aromatic rings. The fraction of sp³-hybridized carbons (Fsp3) is 0.579. The molecule has 0 spiro atoms. The molecule has 1 unspecified atom stereocenters. The molecule has 1 aromatic carbocycles. The van der Waals surface area contributed by atoms with Crippen molar-refractivity contribution in [1.29, 1.82) is 0 Å². The average molecular weight is 489 g/mol. The van der Waals surface area contributed by atoms with E-state index in [2.05, 4.69) is 34.0 Å². The normalized spacial score (nSPS) is 17.0. The first-order valence-electron chi connectivity index (χ1n) is 9.27. The largest absolute Gasteiger partial charge is 0.484 e. The molecular weight excluding hydrogens is 457 g/mol. The number of ether oxygens (including phenoxy) is 1. The fourth-order valence-electron chi connectivity index (χ4n) is 3.39. The third-order valence-corrected chi connectivity index (χ3v) is 4.73. The molecule has 1 atom stereocenters. The topological polar surface area (TPSA) is 83.2 Å². The Balaban J connectivity index is 0.00000364. The minimum atomic E-state index is -0.481. The molecule has 3 N–H and O–H groups in total. The predicted octanol–water partition coefficient (Wildman–Crippen LogP) is 1.66. The fourth-order valence-corrected chi connectivity index (χ4v) is 3.39. The average Bonchev–Trinajstić information content (AvgIpc) is 3.12. The van der Waals surface area contributed by atoms with E-state index in [-0.39, 0.29) is 30.6 Å². The molecule has 1 fully saturated rings. The number of hydrogen-bond acceptors (Lipinski definition) is 4. The molecule has 1 saturated heterocycles. The van der Waals surface area contributed by atoms with Gasteiger partial charge in [0.25, 0.3) is 5.91 Å². The number of nitrogens with one attached hydrogen (secondary N) is 1. The van der Waals surface area contributed by atoms with Crippen LogP contribution >= 0.6 is 24.0 Å². The van der Waals surface area contributed by atoms with Gasteiger partial charge in [0.15, 0.2) is 12.6 Å². The third-order valence-electron chi connectivity index (χ3n) is 4.73. The van der Waals surface area contributed by atoms with E-state index >= 15 is 0 Å². The molecule has 1 aliphatic rings. The SMILES string of the molecule is CCN(CC)C1CCN(C(=NC)NCc2cccc(OCC(N)=O)c2)C1.I. The third kappa shape index (κ3) is 7.17. The summed E-state index contributed by atoms with van der Waals surface area (Å²) in [5, 5.41) is 3.43. The number of hydrogen-bond donors (Lipinski definition) is 2. The van der Waals surface area contributed by atoms with E-state index in [4.69, 9.17) is 10.5 Å². The number of nitrogens with zero attached hydrogens (tertiary/aromatic N) is 3. The van der Waals surface area contributed by atoms with Crippen LogP contribution in [0.15, 0.2) is 29.3 Å². The maximum absolute atomic E-state index is 10.8. The van der Waals surface area contributed by atoms with Gasteiger partial charge >= 0.3 is 0 Å². The molecule has 2 rings (SSSR count). The van der Waals surface area contributed by atoms with Crippen molar-refractivity contribution in [2.45, 2.75) is 32.9 Å². The van der Waals surface area contributed by atoms with E-state index in [1.165, 1.54) is 6.42 Å². The number of carbonyl (C=O) groups excluding carboxylic acids is 1. The lowest BCUT2D eigenvalue weighted by atomic mass is 10.2. The zero-order chi connectivity index (χ0) is 18.9. The molecule has 27 heavy (non-hydrogen) atoms. The van der Waals surface area contributed by atoms with Gasteiger partial charge in [0.05, 0.1) is 0 Å². The van der Waals surface area contributed by atoms with Crippen molar-refractivity contribution in [3.05, 3.63) is 29.8 Å². The van der Waals surface area contributed by atoms with Crippen LogP contribution in [0, 0.1) is 0 Å². The van der Waals surface area contributed by atoms with Crippen LogP contribution in [0.1, 0.15) is 25.8 Å². The second-order valence-electron chi connectivity index (χ2n) is 6.41. The van der Waals surface area contributed by atoms with Gasteiger partial charge in [0.2, 0.25) is 0 Å². The number of primary amides is 1. The smallest absolute Gasteiger partial charge is 0.255 e. The van der Waals surface area contributed by atoms with Crippen LogP contribution in [0.5, 0.6) is 5.75 Å². The summed E-state index contributed by atoms with van der Waals surface area (Å²) in [6.45, 7) is 9.15. The first-order valence-corrected chi connectivity index (χ1v) is 9.27. The quantitative estimate of drug-likeness (QED) is 0.330.